The van der Waals surface area contributed by atoms with Crippen molar-refractivity contribution in [3.63, 3.8) is 0 Å². The van der Waals surface area contributed by atoms with Crippen molar-refractivity contribution in [1.82, 2.24) is 19.8 Å². The lowest BCUT2D eigenvalue weighted by atomic mass is 9.92. The Balaban J connectivity index is 1.40. The maximum Gasteiger partial charge on any atom is 0.230 e. The number of nitrogens with two attached hydrogens (primary N) is 1. The predicted molar refractivity (Wildman–Crippen MR) is 102 cm³/mol. The molecule has 0 unspecified atom stereocenters. The van der Waals surface area contributed by atoms with Crippen LogP contribution in [0.25, 0.3) is 0 Å². The van der Waals surface area contributed by atoms with Crippen molar-refractivity contribution in [2.24, 2.45) is 0 Å². The lowest BCUT2D eigenvalue weighted by Gasteiger charge is -2.29. The zero-order valence-electron chi connectivity index (χ0n) is 15.5. The molecule has 7 nitrogen and oxygen atoms in total. The molecule has 4 rings (SSSR count). The number of nitrogen functional groups attached to an aromatic ring is 1. The molecule has 0 saturated carbocycles. The molecule has 7 heteroatoms. The third-order valence-electron chi connectivity index (χ3n) is 5.47. The van der Waals surface area contributed by atoms with Crippen LogP contribution in [-0.2, 0) is 11.3 Å². The fraction of sp³-hybridized carbons (Fsp3) is 0.450. The minimum absolute atomic E-state index is 0.101. The van der Waals surface area contributed by atoms with Crippen molar-refractivity contribution in [2.45, 2.75) is 31.3 Å². The fourth-order valence-corrected chi connectivity index (χ4v) is 3.96. The van der Waals surface area contributed by atoms with E-state index in [1.165, 1.54) is 0 Å². The fourth-order valence-electron chi connectivity index (χ4n) is 3.96. The maximum atomic E-state index is 13.1. The number of hydrogen-bond acceptors (Lipinski definition) is 6. The molecule has 1 fully saturated rings. The highest BCUT2D eigenvalue weighted by atomic mass is 16.5. The van der Waals surface area contributed by atoms with Crippen LogP contribution in [-0.4, -0.2) is 58.5 Å². The van der Waals surface area contributed by atoms with E-state index in [0.29, 0.717) is 30.8 Å². The quantitative estimate of drug-likeness (QED) is 0.885. The number of para-hydroxylation sites is 1. The van der Waals surface area contributed by atoms with E-state index in [2.05, 4.69) is 21.9 Å². The van der Waals surface area contributed by atoms with Gasteiger partial charge in [0.25, 0.3) is 0 Å². The molecule has 142 valence electrons. The number of hydrogen-bond donors (Lipinski definition) is 1. The molecule has 1 amide bonds. The van der Waals surface area contributed by atoms with Crippen molar-refractivity contribution in [3.8, 4) is 5.75 Å². The van der Waals surface area contributed by atoms with Crippen molar-refractivity contribution in [2.75, 3.05) is 32.5 Å². The molecular weight excluding hydrogens is 342 g/mol. The molecule has 2 atom stereocenters. The highest BCUT2D eigenvalue weighted by Crippen LogP contribution is 2.35. The van der Waals surface area contributed by atoms with Crippen molar-refractivity contribution >= 4 is 11.7 Å². The second kappa shape index (κ2) is 7.52. The molecule has 1 aromatic heterocycles. The van der Waals surface area contributed by atoms with E-state index in [9.17, 15) is 4.79 Å². The van der Waals surface area contributed by atoms with E-state index in [1.807, 2.05) is 29.2 Å². The smallest absolute Gasteiger partial charge is 0.230 e. The number of likely N-dealkylation sites (tertiary alicyclic amines) is 1. The number of carbonyl (C=O) groups is 1. The number of amides is 1. The number of anilines is 1. The highest BCUT2D eigenvalue weighted by molar-refractivity contribution is 5.85. The summed E-state index contributed by atoms with van der Waals surface area (Å²) >= 11 is 0. The summed E-state index contributed by atoms with van der Waals surface area (Å²) in [6, 6.07) is 9.86. The summed E-state index contributed by atoms with van der Waals surface area (Å²) in [5.41, 5.74) is 6.75. The van der Waals surface area contributed by atoms with Crippen LogP contribution in [0.15, 0.2) is 36.5 Å². The standard InChI is InChI=1S/C20H25N5O2/c1-24(13-19-22-9-6-18(21)23-19)14-7-10-25(12-14)20(26)16-8-11-27-17-5-3-2-4-15(16)17/h2-6,9,14,16H,7-8,10-13H2,1H3,(H2,21,22,23)/t14-,16-/m0/s1. The lowest BCUT2D eigenvalue weighted by Crippen LogP contribution is -2.39. The Morgan fingerprint density at radius 2 is 2.19 bits per heavy atom. The number of fused-ring (bicyclic) bond motifs is 1. The molecule has 0 spiro atoms. The monoisotopic (exact) mass is 367 g/mol. The normalized spacial score (nSPS) is 21.8. The summed E-state index contributed by atoms with van der Waals surface area (Å²) in [5.74, 6) is 2.14. The molecule has 2 N–H and O–H groups in total. The van der Waals surface area contributed by atoms with Crippen LogP contribution >= 0.6 is 0 Å². The van der Waals surface area contributed by atoms with Gasteiger partial charge in [0, 0.05) is 30.9 Å². The van der Waals surface area contributed by atoms with Gasteiger partial charge >= 0.3 is 0 Å². The van der Waals surface area contributed by atoms with Crippen LogP contribution in [0.4, 0.5) is 5.82 Å². The van der Waals surface area contributed by atoms with Crippen LogP contribution in [0.3, 0.4) is 0 Å². The molecular formula is C20H25N5O2. The molecule has 27 heavy (non-hydrogen) atoms. The average Bonchev–Trinajstić information content (AvgIpc) is 3.17. The van der Waals surface area contributed by atoms with Crippen LogP contribution < -0.4 is 10.5 Å². The Hall–Kier alpha value is -2.67. The largest absolute Gasteiger partial charge is 0.493 e. The molecule has 0 radical (unpaired) electrons. The van der Waals surface area contributed by atoms with Gasteiger partial charge in [-0.3, -0.25) is 9.69 Å². The molecule has 3 heterocycles. The molecule has 0 bridgehead atoms. The summed E-state index contributed by atoms with van der Waals surface area (Å²) in [7, 11) is 2.05. The second-order valence-corrected chi connectivity index (χ2v) is 7.27. The number of aromatic nitrogens is 2. The third-order valence-corrected chi connectivity index (χ3v) is 5.47. The van der Waals surface area contributed by atoms with E-state index in [1.54, 1.807) is 12.3 Å². The number of ether oxygens (including phenoxy) is 1. The van der Waals surface area contributed by atoms with Crippen molar-refractivity contribution in [1.29, 1.82) is 0 Å². The van der Waals surface area contributed by atoms with Gasteiger partial charge in [-0.1, -0.05) is 18.2 Å². The first-order chi connectivity index (χ1) is 13.1. The first kappa shape index (κ1) is 17.7. The highest BCUT2D eigenvalue weighted by Gasteiger charge is 2.35. The Morgan fingerprint density at radius 1 is 1.33 bits per heavy atom. The second-order valence-electron chi connectivity index (χ2n) is 7.27. The first-order valence-electron chi connectivity index (χ1n) is 9.40. The van der Waals surface area contributed by atoms with Gasteiger partial charge in [0.2, 0.25) is 5.91 Å². The zero-order valence-corrected chi connectivity index (χ0v) is 15.5. The van der Waals surface area contributed by atoms with Crippen LogP contribution in [0.5, 0.6) is 5.75 Å². The summed E-state index contributed by atoms with van der Waals surface area (Å²) in [6.07, 6.45) is 3.37. The van der Waals surface area contributed by atoms with Crippen molar-refractivity contribution in [3.05, 3.63) is 47.9 Å². The SMILES string of the molecule is CN(Cc1nccc(N)n1)[C@H]1CCN(C(=O)[C@H]2CCOc3ccccc32)C1. The van der Waals surface area contributed by atoms with Gasteiger partial charge in [-0.05, 0) is 32.0 Å². The van der Waals surface area contributed by atoms with Crippen LogP contribution in [0.2, 0.25) is 0 Å². The Morgan fingerprint density at radius 3 is 3.04 bits per heavy atom. The first-order valence-corrected chi connectivity index (χ1v) is 9.40. The van der Waals surface area contributed by atoms with Crippen LogP contribution in [0.1, 0.15) is 30.1 Å². The van der Waals surface area contributed by atoms with Gasteiger partial charge in [-0.25, -0.2) is 9.97 Å². The zero-order chi connectivity index (χ0) is 18.8. The minimum Gasteiger partial charge on any atom is -0.493 e. The number of rotatable bonds is 4. The van der Waals surface area contributed by atoms with E-state index in [-0.39, 0.29) is 11.8 Å². The molecule has 2 aromatic rings. The molecule has 2 aliphatic heterocycles. The van der Waals surface area contributed by atoms with E-state index in [0.717, 1.165) is 37.2 Å². The van der Waals surface area contributed by atoms with E-state index in [4.69, 9.17) is 10.5 Å². The molecule has 2 aliphatic rings. The topological polar surface area (TPSA) is 84.6 Å². The number of likely N-dealkylation sites (N-methyl/N-ethyl adjacent to an activating group) is 1. The Kier molecular flexibility index (Phi) is 4.94. The average molecular weight is 367 g/mol. The third kappa shape index (κ3) is 3.73. The summed E-state index contributed by atoms with van der Waals surface area (Å²) in [4.78, 5) is 25.9. The van der Waals surface area contributed by atoms with Crippen molar-refractivity contribution < 1.29 is 9.53 Å². The Bertz CT molecular complexity index is 828. The van der Waals surface area contributed by atoms with Gasteiger partial charge in [-0.2, -0.15) is 0 Å². The number of carbonyl (C=O) groups excluding carboxylic acids is 1. The maximum absolute atomic E-state index is 13.1. The number of nitrogens with zero attached hydrogens (tertiary/aromatic N) is 4. The van der Waals surface area contributed by atoms with Gasteiger partial charge < -0.3 is 15.4 Å². The molecule has 1 saturated heterocycles. The van der Waals surface area contributed by atoms with Gasteiger partial charge in [0.15, 0.2) is 0 Å². The summed E-state index contributed by atoms with van der Waals surface area (Å²) in [6.45, 7) is 2.73. The summed E-state index contributed by atoms with van der Waals surface area (Å²) < 4.78 is 5.70. The van der Waals surface area contributed by atoms with Gasteiger partial charge in [-0.15, -0.1) is 0 Å². The van der Waals surface area contributed by atoms with Gasteiger partial charge in [0.05, 0.1) is 19.1 Å². The summed E-state index contributed by atoms with van der Waals surface area (Å²) in [5, 5.41) is 0. The van der Waals surface area contributed by atoms with E-state index < -0.39 is 0 Å². The predicted octanol–water partition coefficient (Wildman–Crippen LogP) is 1.66. The molecule has 1 aromatic carbocycles. The molecule has 0 aliphatic carbocycles. The minimum atomic E-state index is -0.101. The lowest BCUT2D eigenvalue weighted by molar-refractivity contribution is -0.132. The Labute approximate surface area is 159 Å². The van der Waals surface area contributed by atoms with Crippen LogP contribution in [0, 0.1) is 0 Å². The van der Waals surface area contributed by atoms with Gasteiger partial charge in [0.1, 0.15) is 17.4 Å². The number of benzene rings is 1. The van der Waals surface area contributed by atoms with E-state index >= 15 is 0 Å².